The van der Waals surface area contributed by atoms with Gasteiger partial charge in [0.1, 0.15) is 5.82 Å². The van der Waals surface area contributed by atoms with Crippen molar-refractivity contribution in [3.8, 4) is 0 Å². The summed E-state index contributed by atoms with van der Waals surface area (Å²) in [7, 11) is 1.98. The van der Waals surface area contributed by atoms with Gasteiger partial charge in [0.15, 0.2) is 0 Å². The van der Waals surface area contributed by atoms with E-state index >= 15 is 0 Å². The quantitative estimate of drug-likeness (QED) is 0.732. The first kappa shape index (κ1) is 14.3. The van der Waals surface area contributed by atoms with Crippen molar-refractivity contribution in [2.75, 3.05) is 31.7 Å². The van der Waals surface area contributed by atoms with E-state index in [9.17, 15) is 4.39 Å². The summed E-state index contributed by atoms with van der Waals surface area (Å²) < 4.78 is 19.3. The summed E-state index contributed by atoms with van der Waals surface area (Å²) in [4.78, 5) is 2.06. The average Bonchev–Trinajstić information content (AvgIpc) is 3.21. The summed E-state index contributed by atoms with van der Waals surface area (Å²) in [6.07, 6.45) is 2.42. The van der Waals surface area contributed by atoms with Gasteiger partial charge in [-0.1, -0.05) is 6.07 Å². The average molecular weight is 266 g/mol. The zero-order valence-corrected chi connectivity index (χ0v) is 11.8. The molecule has 0 amide bonds. The Morgan fingerprint density at radius 2 is 2.21 bits per heavy atom. The Labute approximate surface area is 114 Å². The molecule has 1 N–H and O–H groups in total. The Balaban J connectivity index is 2.01. The van der Waals surface area contributed by atoms with E-state index < -0.39 is 0 Å². The van der Waals surface area contributed by atoms with Gasteiger partial charge in [0, 0.05) is 44.0 Å². The fourth-order valence-electron chi connectivity index (χ4n) is 2.08. The Kier molecular flexibility index (Phi) is 5.16. The van der Waals surface area contributed by atoms with E-state index in [2.05, 4.69) is 10.2 Å². The molecule has 1 fully saturated rings. The minimum atomic E-state index is -0.131. The number of ether oxygens (including phenoxy) is 1. The van der Waals surface area contributed by atoms with Gasteiger partial charge in [-0.15, -0.1) is 0 Å². The minimum absolute atomic E-state index is 0.131. The molecule has 0 spiro atoms. The number of nitrogens with zero attached hydrogens (tertiary/aromatic N) is 1. The van der Waals surface area contributed by atoms with Crippen LogP contribution >= 0.6 is 0 Å². The number of nitrogens with one attached hydrogen (secondary N) is 1. The van der Waals surface area contributed by atoms with Crippen molar-refractivity contribution >= 4 is 5.69 Å². The minimum Gasteiger partial charge on any atom is -0.380 e. The van der Waals surface area contributed by atoms with Gasteiger partial charge < -0.3 is 15.0 Å². The fraction of sp³-hybridized carbons (Fsp3) is 0.600. The van der Waals surface area contributed by atoms with Crippen LogP contribution < -0.4 is 10.2 Å². The smallest absolute Gasteiger partial charge is 0.129 e. The molecule has 106 valence electrons. The number of likely N-dealkylation sites (N-methyl/N-ethyl adjacent to an activating group) is 1. The standard InChI is InChI=1S/C15H23FN2O/c1-3-19-10-9-18(2)15-6-4-5-14(16)13(15)11-17-12-7-8-12/h4-6,12,17H,3,7-11H2,1-2H3. The number of benzene rings is 1. The SMILES string of the molecule is CCOCCN(C)c1cccc(F)c1CNC1CC1. The van der Waals surface area contributed by atoms with Crippen LogP contribution in [0.4, 0.5) is 10.1 Å². The largest absolute Gasteiger partial charge is 0.380 e. The van der Waals surface area contributed by atoms with Crippen molar-refractivity contribution in [3.63, 3.8) is 0 Å². The zero-order valence-electron chi connectivity index (χ0n) is 11.8. The molecule has 0 aromatic heterocycles. The lowest BCUT2D eigenvalue weighted by Crippen LogP contribution is -2.26. The molecule has 0 heterocycles. The Hall–Kier alpha value is -1.13. The number of anilines is 1. The first-order chi connectivity index (χ1) is 9.22. The lowest BCUT2D eigenvalue weighted by Gasteiger charge is -2.23. The molecule has 0 unspecified atom stereocenters. The molecule has 0 aliphatic heterocycles. The molecule has 0 saturated heterocycles. The summed E-state index contributed by atoms with van der Waals surface area (Å²) in [6, 6.07) is 5.85. The van der Waals surface area contributed by atoms with E-state index in [1.165, 1.54) is 18.9 Å². The second-order valence-electron chi connectivity index (χ2n) is 5.01. The summed E-state index contributed by atoms with van der Waals surface area (Å²) >= 11 is 0. The van der Waals surface area contributed by atoms with E-state index in [0.717, 1.165) is 17.8 Å². The summed E-state index contributed by atoms with van der Waals surface area (Å²) in [5.74, 6) is -0.131. The maximum absolute atomic E-state index is 14.0. The lowest BCUT2D eigenvalue weighted by atomic mass is 10.1. The number of rotatable bonds is 8. The molecule has 3 nitrogen and oxygen atoms in total. The van der Waals surface area contributed by atoms with Crippen molar-refractivity contribution in [2.45, 2.75) is 32.4 Å². The number of halogens is 1. The first-order valence-electron chi connectivity index (χ1n) is 7.02. The predicted octanol–water partition coefficient (Wildman–Crippen LogP) is 2.55. The molecule has 0 radical (unpaired) electrons. The molecule has 1 aliphatic rings. The second-order valence-corrected chi connectivity index (χ2v) is 5.01. The first-order valence-corrected chi connectivity index (χ1v) is 7.02. The van der Waals surface area contributed by atoms with E-state index in [1.54, 1.807) is 6.07 Å². The van der Waals surface area contributed by atoms with Crippen molar-refractivity contribution in [2.24, 2.45) is 0 Å². The van der Waals surface area contributed by atoms with Crippen LogP contribution in [0.5, 0.6) is 0 Å². The molecule has 1 aromatic carbocycles. The Morgan fingerprint density at radius 1 is 1.42 bits per heavy atom. The van der Waals surface area contributed by atoms with Crippen LogP contribution in [0.1, 0.15) is 25.3 Å². The van der Waals surface area contributed by atoms with Crippen LogP contribution in [0.3, 0.4) is 0 Å². The van der Waals surface area contributed by atoms with Gasteiger partial charge in [-0.3, -0.25) is 0 Å². The van der Waals surface area contributed by atoms with E-state index in [4.69, 9.17) is 4.74 Å². The third-order valence-electron chi connectivity index (χ3n) is 3.43. The maximum atomic E-state index is 14.0. The molecule has 1 aliphatic carbocycles. The highest BCUT2D eigenvalue weighted by Crippen LogP contribution is 2.25. The van der Waals surface area contributed by atoms with Crippen molar-refractivity contribution < 1.29 is 9.13 Å². The topological polar surface area (TPSA) is 24.5 Å². The van der Waals surface area contributed by atoms with Gasteiger partial charge in [-0.25, -0.2) is 4.39 Å². The van der Waals surface area contributed by atoms with Crippen LogP contribution in [0, 0.1) is 5.82 Å². The van der Waals surface area contributed by atoms with Gasteiger partial charge in [0.05, 0.1) is 6.61 Å². The van der Waals surface area contributed by atoms with Gasteiger partial charge in [0.2, 0.25) is 0 Å². The molecule has 2 rings (SSSR count). The zero-order chi connectivity index (χ0) is 13.7. The van der Waals surface area contributed by atoms with Gasteiger partial charge in [-0.05, 0) is 31.9 Å². The monoisotopic (exact) mass is 266 g/mol. The molecular weight excluding hydrogens is 243 g/mol. The number of hydrogen-bond acceptors (Lipinski definition) is 3. The molecule has 19 heavy (non-hydrogen) atoms. The van der Waals surface area contributed by atoms with Crippen molar-refractivity contribution in [1.82, 2.24) is 5.32 Å². The lowest BCUT2D eigenvalue weighted by molar-refractivity contribution is 0.154. The Bertz CT molecular complexity index is 407. The number of hydrogen-bond donors (Lipinski definition) is 1. The normalized spacial score (nSPS) is 14.7. The third-order valence-corrected chi connectivity index (χ3v) is 3.43. The summed E-state index contributed by atoms with van der Waals surface area (Å²) in [5, 5.41) is 3.38. The van der Waals surface area contributed by atoms with Crippen LogP contribution in [0.2, 0.25) is 0 Å². The van der Waals surface area contributed by atoms with Crippen LogP contribution in [-0.2, 0) is 11.3 Å². The van der Waals surface area contributed by atoms with E-state index in [-0.39, 0.29) is 5.82 Å². The fourth-order valence-corrected chi connectivity index (χ4v) is 2.08. The van der Waals surface area contributed by atoms with Crippen LogP contribution in [0.25, 0.3) is 0 Å². The highest BCUT2D eigenvalue weighted by molar-refractivity contribution is 5.53. The third kappa shape index (κ3) is 4.18. The van der Waals surface area contributed by atoms with E-state index in [0.29, 0.717) is 25.8 Å². The second kappa shape index (κ2) is 6.87. The molecule has 0 atom stereocenters. The van der Waals surface area contributed by atoms with Gasteiger partial charge in [0.25, 0.3) is 0 Å². The van der Waals surface area contributed by atoms with Gasteiger partial charge in [-0.2, -0.15) is 0 Å². The molecule has 0 bridgehead atoms. The molecule has 1 aromatic rings. The van der Waals surface area contributed by atoms with Crippen molar-refractivity contribution in [3.05, 3.63) is 29.6 Å². The van der Waals surface area contributed by atoms with Gasteiger partial charge >= 0.3 is 0 Å². The summed E-state index contributed by atoms with van der Waals surface area (Å²) in [5.41, 5.74) is 1.71. The molecular formula is C15H23FN2O. The predicted molar refractivity (Wildman–Crippen MR) is 76.0 cm³/mol. The maximum Gasteiger partial charge on any atom is 0.129 e. The highest BCUT2D eigenvalue weighted by Gasteiger charge is 2.21. The van der Waals surface area contributed by atoms with E-state index in [1.807, 2.05) is 20.0 Å². The van der Waals surface area contributed by atoms with Crippen LogP contribution in [-0.4, -0.2) is 32.8 Å². The van der Waals surface area contributed by atoms with Crippen molar-refractivity contribution in [1.29, 1.82) is 0 Å². The van der Waals surface area contributed by atoms with Crippen LogP contribution in [0.15, 0.2) is 18.2 Å². The Morgan fingerprint density at radius 3 is 2.89 bits per heavy atom. The molecule has 1 saturated carbocycles. The summed E-state index contributed by atoms with van der Waals surface area (Å²) in [6.45, 7) is 4.73. The molecule has 4 heteroatoms. The highest BCUT2D eigenvalue weighted by atomic mass is 19.1.